The van der Waals surface area contributed by atoms with Crippen LogP contribution < -0.4 is 15.2 Å². The molecule has 0 unspecified atom stereocenters. The average molecular weight is 216 g/mol. The Hall–Kier alpha value is -1.41. The van der Waals surface area contributed by atoms with E-state index in [0.29, 0.717) is 0 Å². The predicted molar refractivity (Wildman–Crippen MR) is 67.6 cm³/mol. The minimum atomic E-state index is 0.139. The lowest BCUT2D eigenvalue weighted by Gasteiger charge is -1.95. The van der Waals surface area contributed by atoms with Gasteiger partial charge in [0.15, 0.2) is 5.43 Å². The Morgan fingerprint density at radius 1 is 1.13 bits per heavy atom. The van der Waals surface area contributed by atoms with E-state index in [1.807, 2.05) is 50.3 Å². The van der Waals surface area contributed by atoms with Crippen LogP contribution in [0.2, 0.25) is 0 Å². The van der Waals surface area contributed by atoms with Crippen LogP contribution in [0, 0.1) is 0 Å². The molecule has 1 aromatic heterocycles. The third-order valence-corrected chi connectivity index (χ3v) is 3.66. The third-order valence-electron chi connectivity index (χ3n) is 2.41. The van der Waals surface area contributed by atoms with E-state index < -0.39 is 0 Å². The molecule has 76 valence electrons. The highest BCUT2D eigenvalue weighted by atomic mass is 32.1. The maximum atomic E-state index is 12.1. The molecule has 2 rings (SSSR count). The van der Waals surface area contributed by atoms with Gasteiger partial charge in [0.1, 0.15) is 0 Å². The molecule has 0 amide bonds. The monoisotopic (exact) mass is 216 g/mol. The average Bonchev–Trinajstić information content (AvgIpc) is 2.29. The van der Waals surface area contributed by atoms with Crippen LogP contribution in [0.3, 0.4) is 0 Å². The normalized spacial score (nSPS) is 13.7. The van der Waals surface area contributed by atoms with Crippen LogP contribution in [0.1, 0.15) is 13.8 Å². The lowest BCUT2D eigenvalue weighted by atomic mass is 10.2. The molecule has 0 spiro atoms. The fraction of sp³-hybridized carbons (Fsp3) is 0.154. The van der Waals surface area contributed by atoms with Crippen LogP contribution in [0.25, 0.3) is 22.2 Å². The van der Waals surface area contributed by atoms with Crippen LogP contribution >= 0.6 is 11.3 Å². The Balaban J connectivity index is 3.17. The lowest BCUT2D eigenvalue weighted by molar-refractivity contribution is 1.54. The van der Waals surface area contributed by atoms with Crippen LogP contribution in [-0.2, 0) is 0 Å². The van der Waals surface area contributed by atoms with Gasteiger partial charge in [0, 0.05) is 19.8 Å². The van der Waals surface area contributed by atoms with Crippen molar-refractivity contribution in [2.45, 2.75) is 13.8 Å². The van der Waals surface area contributed by atoms with Crippen molar-refractivity contribution in [2.75, 3.05) is 0 Å². The summed E-state index contributed by atoms with van der Waals surface area (Å²) >= 11 is 1.67. The Bertz CT molecular complexity index is 665. The highest BCUT2D eigenvalue weighted by molar-refractivity contribution is 7.16. The minimum absolute atomic E-state index is 0.139. The molecule has 0 saturated carbocycles. The fourth-order valence-corrected chi connectivity index (χ4v) is 2.75. The molecule has 2 heteroatoms. The molecule has 1 nitrogen and oxygen atoms in total. The van der Waals surface area contributed by atoms with Crippen molar-refractivity contribution in [3.05, 3.63) is 44.2 Å². The fourth-order valence-electron chi connectivity index (χ4n) is 1.66. The minimum Gasteiger partial charge on any atom is -0.289 e. The summed E-state index contributed by atoms with van der Waals surface area (Å²) in [4.78, 5) is 12.1. The summed E-state index contributed by atoms with van der Waals surface area (Å²) in [5, 5.41) is 1.64. The first-order valence-electron chi connectivity index (χ1n) is 4.92. The second-order valence-electron chi connectivity index (χ2n) is 3.28. The molecule has 0 bridgehead atoms. The second-order valence-corrected chi connectivity index (χ2v) is 4.37. The molecule has 0 radical (unpaired) electrons. The Labute approximate surface area is 92.0 Å². The van der Waals surface area contributed by atoms with Gasteiger partial charge in [0.25, 0.3) is 0 Å². The molecule has 1 aromatic carbocycles. The summed E-state index contributed by atoms with van der Waals surface area (Å²) in [7, 11) is 0. The van der Waals surface area contributed by atoms with Crippen molar-refractivity contribution in [1.82, 2.24) is 0 Å². The van der Waals surface area contributed by atoms with E-state index >= 15 is 0 Å². The molecule has 0 N–H and O–H groups in total. The Kier molecular flexibility index (Phi) is 2.69. The maximum Gasteiger partial charge on any atom is 0.195 e. The molecule has 0 saturated heterocycles. The summed E-state index contributed by atoms with van der Waals surface area (Å²) < 4.78 is 2.11. The SMILES string of the molecule is C/C=c1/c(=O)c2ccccc2s/c1=C/C. The van der Waals surface area contributed by atoms with Gasteiger partial charge in [-0.2, -0.15) is 0 Å². The van der Waals surface area contributed by atoms with Crippen molar-refractivity contribution in [1.29, 1.82) is 0 Å². The number of hydrogen-bond donors (Lipinski definition) is 0. The summed E-state index contributed by atoms with van der Waals surface area (Å²) in [5.41, 5.74) is 0.139. The van der Waals surface area contributed by atoms with Crippen molar-refractivity contribution in [3.63, 3.8) is 0 Å². The van der Waals surface area contributed by atoms with E-state index in [1.165, 1.54) is 0 Å². The molecule has 0 aliphatic heterocycles. The first-order chi connectivity index (χ1) is 7.27. The molecule has 0 atom stereocenters. The first-order valence-corrected chi connectivity index (χ1v) is 5.74. The number of rotatable bonds is 0. The third kappa shape index (κ3) is 1.61. The molecule has 0 aliphatic carbocycles. The molecule has 1 heterocycles. The molecular formula is C13H12OS. The Morgan fingerprint density at radius 3 is 2.53 bits per heavy atom. The maximum absolute atomic E-state index is 12.1. The van der Waals surface area contributed by atoms with Crippen LogP contribution in [0.15, 0.2) is 29.1 Å². The smallest absolute Gasteiger partial charge is 0.195 e. The van der Waals surface area contributed by atoms with Gasteiger partial charge in [-0.15, -0.1) is 11.3 Å². The number of hydrogen-bond acceptors (Lipinski definition) is 2. The topological polar surface area (TPSA) is 17.1 Å². The van der Waals surface area contributed by atoms with Gasteiger partial charge in [-0.3, -0.25) is 4.79 Å². The lowest BCUT2D eigenvalue weighted by Crippen LogP contribution is -2.36. The highest BCUT2D eigenvalue weighted by Crippen LogP contribution is 2.09. The van der Waals surface area contributed by atoms with Crippen LogP contribution in [-0.4, -0.2) is 0 Å². The summed E-state index contributed by atoms with van der Waals surface area (Å²) in [6.45, 7) is 3.87. The summed E-state index contributed by atoms with van der Waals surface area (Å²) in [6, 6.07) is 7.76. The van der Waals surface area contributed by atoms with Crippen molar-refractivity contribution < 1.29 is 0 Å². The standard InChI is InChI=1S/C13H12OS/c1-3-9-11(4-2)15-12-8-6-5-7-10(12)13(9)14/h3-8H,1-2H3/b9-3+,11-4+. The van der Waals surface area contributed by atoms with E-state index in [4.69, 9.17) is 0 Å². The Morgan fingerprint density at radius 2 is 1.87 bits per heavy atom. The molecule has 0 fully saturated rings. The second kappa shape index (κ2) is 3.99. The van der Waals surface area contributed by atoms with Gasteiger partial charge < -0.3 is 0 Å². The van der Waals surface area contributed by atoms with Gasteiger partial charge in [-0.25, -0.2) is 0 Å². The zero-order chi connectivity index (χ0) is 10.8. The van der Waals surface area contributed by atoms with Crippen molar-refractivity contribution in [2.24, 2.45) is 0 Å². The van der Waals surface area contributed by atoms with Gasteiger partial charge in [0.05, 0.1) is 0 Å². The van der Waals surface area contributed by atoms with Gasteiger partial charge in [-0.1, -0.05) is 24.3 Å². The van der Waals surface area contributed by atoms with Crippen molar-refractivity contribution >= 4 is 33.6 Å². The van der Waals surface area contributed by atoms with E-state index in [9.17, 15) is 4.79 Å². The first kappa shape index (κ1) is 10.1. The predicted octanol–water partition coefficient (Wildman–Crippen LogP) is 1.86. The van der Waals surface area contributed by atoms with Crippen LogP contribution in [0.5, 0.6) is 0 Å². The molecule has 0 aliphatic rings. The molecular weight excluding hydrogens is 204 g/mol. The molecule has 15 heavy (non-hydrogen) atoms. The quantitative estimate of drug-likeness (QED) is 0.657. The van der Waals surface area contributed by atoms with E-state index in [1.54, 1.807) is 11.3 Å². The number of benzene rings is 1. The molecule has 2 aromatic rings. The van der Waals surface area contributed by atoms with E-state index in [2.05, 4.69) is 0 Å². The van der Waals surface area contributed by atoms with Crippen molar-refractivity contribution in [3.8, 4) is 0 Å². The summed E-state index contributed by atoms with van der Waals surface area (Å²) in [6.07, 6.45) is 3.88. The van der Waals surface area contributed by atoms with Gasteiger partial charge >= 0.3 is 0 Å². The van der Waals surface area contributed by atoms with E-state index in [0.717, 1.165) is 19.8 Å². The van der Waals surface area contributed by atoms with Gasteiger partial charge in [0.2, 0.25) is 0 Å². The van der Waals surface area contributed by atoms with Gasteiger partial charge in [-0.05, 0) is 26.0 Å². The van der Waals surface area contributed by atoms with Crippen LogP contribution in [0.4, 0.5) is 0 Å². The summed E-state index contributed by atoms with van der Waals surface area (Å²) in [5.74, 6) is 0. The zero-order valence-corrected chi connectivity index (χ0v) is 9.60. The van der Waals surface area contributed by atoms with E-state index in [-0.39, 0.29) is 5.43 Å². The zero-order valence-electron chi connectivity index (χ0n) is 8.78. The number of fused-ring (bicyclic) bond motifs is 1. The largest absolute Gasteiger partial charge is 0.289 e. The highest BCUT2D eigenvalue weighted by Gasteiger charge is 2.00.